The summed E-state index contributed by atoms with van der Waals surface area (Å²) in [5, 5.41) is 2.80. The predicted octanol–water partition coefficient (Wildman–Crippen LogP) is 1.65. The van der Waals surface area contributed by atoms with Gasteiger partial charge in [0, 0.05) is 12.6 Å². The molecule has 5 nitrogen and oxygen atoms in total. The molecule has 0 aromatic heterocycles. The monoisotopic (exact) mass is 264 g/mol. The number of hydrogen-bond donors (Lipinski definition) is 2. The molecule has 0 aliphatic rings. The number of carbonyl (C=O) groups is 2. The van der Waals surface area contributed by atoms with Gasteiger partial charge in [0.1, 0.15) is 6.61 Å². The third-order valence-electron chi connectivity index (χ3n) is 2.70. The van der Waals surface area contributed by atoms with Gasteiger partial charge in [-0.25, -0.2) is 0 Å². The van der Waals surface area contributed by atoms with Crippen LogP contribution in [-0.2, 0) is 20.9 Å². The number of nitrogens with one attached hydrogen (secondary N) is 1. The maximum absolute atomic E-state index is 11.6. The van der Waals surface area contributed by atoms with Gasteiger partial charge < -0.3 is 15.8 Å². The third-order valence-corrected chi connectivity index (χ3v) is 2.70. The van der Waals surface area contributed by atoms with Gasteiger partial charge in [0.25, 0.3) is 0 Å². The van der Waals surface area contributed by atoms with Gasteiger partial charge in [0.15, 0.2) is 0 Å². The molecule has 0 fully saturated rings. The molecule has 0 heterocycles. The number of rotatable bonds is 4. The Hall–Kier alpha value is -1.88. The van der Waals surface area contributed by atoms with Crippen molar-refractivity contribution in [1.29, 1.82) is 0 Å². The van der Waals surface area contributed by atoms with Gasteiger partial charge in [-0.15, -0.1) is 0 Å². The number of carbonyl (C=O) groups excluding carboxylic acids is 2. The molecule has 0 saturated heterocycles. The number of hydrogen-bond acceptors (Lipinski definition) is 4. The molecule has 104 valence electrons. The van der Waals surface area contributed by atoms with E-state index in [1.54, 1.807) is 6.92 Å². The van der Waals surface area contributed by atoms with E-state index in [4.69, 9.17) is 10.5 Å². The Morgan fingerprint density at radius 3 is 2.26 bits per heavy atom. The highest BCUT2D eigenvalue weighted by molar-refractivity contribution is 5.95. The van der Waals surface area contributed by atoms with E-state index >= 15 is 0 Å². The zero-order chi connectivity index (χ0) is 14.6. The highest BCUT2D eigenvalue weighted by Crippen LogP contribution is 2.22. The molecule has 19 heavy (non-hydrogen) atoms. The number of esters is 1. The summed E-state index contributed by atoms with van der Waals surface area (Å²) in [6.45, 7) is 7.02. The second-order valence-electron chi connectivity index (χ2n) is 4.66. The Kier molecular flexibility index (Phi) is 5.06. The summed E-state index contributed by atoms with van der Waals surface area (Å²) in [7, 11) is 0. The van der Waals surface area contributed by atoms with Gasteiger partial charge >= 0.3 is 5.97 Å². The number of ether oxygens (including phenoxy) is 1. The van der Waals surface area contributed by atoms with Crippen molar-refractivity contribution in [1.82, 2.24) is 0 Å². The lowest BCUT2D eigenvalue weighted by atomic mass is 10.0. The van der Waals surface area contributed by atoms with Crippen molar-refractivity contribution in [3.8, 4) is 0 Å². The van der Waals surface area contributed by atoms with Gasteiger partial charge in [0.05, 0.1) is 6.04 Å². The van der Waals surface area contributed by atoms with Crippen LogP contribution in [-0.4, -0.2) is 17.9 Å². The maximum atomic E-state index is 11.6. The molecular formula is C14H20N2O3. The Morgan fingerprint density at radius 2 is 1.84 bits per heavy atom. The first kappa shape index (κ1) is 15.2. The smallest absolute Gasteiger partial charge is 0.302 e. The summed E-state index contributed by atoms with van der Waals surface area (Å²) in [5.74, 6) is -0.538. The van der Waals surface area contributed by atoms with E-state index in [2.05, 4.69) is 5.32 Å². The van der Waals surface area contributed by atoms with Crippen molar-refractivity contribution in [3.05, 3.63) is 28.8 Å². The van der Waals surface area contributed by atoms with Gasteiger partial charge in [-0.3, -0.25) is 9.59 Å². The first-order valence-corrected chi connectivity index (χ1v) is 6.11. The Bertz CT molecular complexity index is 472. The fourth-order valence-electron chi connectivity index (χ4n) is 1.76. The summed E-state index contributed by atoms with van der Waals surface area (Å²) in [4.78, 5) is 22.4. The lowest BCUT2D eigenvalue weighted by molar-refractivity contribution is -0.142. The number of benzene rings is 1. The first-order valence-electron chi connectivity index (χ1n) is 6.11. The second-order valence-corrected chi connectivity index (χ2v) is 4.66. The minimum absolute atomic E-state index is 0.223. The number of amides is 1. The topological polar surface area (TPSA) is 81.4 Å². The van der Waals surface area contributed by atoms with E-state index < -0.39 is 6.04 Å². The van der Waals surface area contributed by atoms with Crippen LogP contribution in [0.5, 0.6) is 0 Å². The minimum atomic E-state index is -0.556. The quantitative estimate of drug-likeness (QED) is 0.810. The molecule has 1 rings (SSSR count). The normalized spacial score (nSPS) is 11.8. The summed E-state index contributed by atoms with van der Waals surface area (Å²) in [5.41, 5.74) is 9.00. The summed E-state index contributed by atoms with van der Waals surface area (Å²) < 4.78 is 4.95. The highest BCUT2D eigenvalue weighted by atomic mass is 16.5. The lowest BCUT2D eigenvalue weighted by Crippen LogP contribution is -2.33. The molecule has 1 atom stereocenters. The zero-order valence-electron chi connectivity index (χ0n) is 11.7. The SMILES string of the molecule is CC(=O)OCc1cc(C)c(NC(=O)C(C)N)c(C)c1. The molecular weight excluding hydrogens is 244 g/mol. The van der Waals surface area contributed by atoms with Gasteiger partial charge in [0.2, 0.25) is 5.91 Å². The van der Waals surface area contributed by atoms with E-state index in [1.165, 1.54) is 6.92 Å². The van der Waals surface area contributed by atoms with E-state index in [1.807, 2.05) is 26.0 Å². The third kappa shape index (κ3) is 4.37. The van der Waals surface area contributed by atoms with Crippen LogP contribution in [0.3, 0.4) is 0 Å². The van der Waals surface area contributed by atoms with Crippen LogP contribution >= 0.6 is 0 Å². The predicted molar refractivity (Wildman–Crippen MR) is 73.7 cm³/mol. The fraction of sp³-hybridized carbons (Fsp3) is 0.429. The standard InChI is InChI=1S/C14H20N2O3/c1-8-5-12(7-19-11(4)17)6-9(2)13(8)16-14(18)10(3)15/h5-6,10H,7,15H2,1-4H3,(H,16,18). The number of aryl methyl sites for hydroxylation is 2. The largest absolute Gasteiger partial charge is 0.461 e. The Labute approximate surface area is 113 Å². The molecule has 0 spiro atoms. The average Bonchev–Trinajstić information content (AvgIpc) is 2.30. The molecule has 1 unspecified atom stereocenters. The van der Waals surface area contributed by atoms with Crippen LogP contribution in [0.15, 0.2) is 12.1 Å². The van der Waals surface area contributed by atoms with Crippen LogP contribution in [0.2, 0.25) is 0 Å². The van der Waals surface area contributed by atoms with Crippen LogP contribution in [0.4, 0.5) is 5.69 Å². The molecule has 0 bridgehead atoms. The van der Waals surface area contributed by atoms with Crippen LogP contribution < -0.4 is 11.1 Å². The molecule has 1 aromatic carbocycles. The lowest BCUT2D eigenvalue weighted by Gasteiger charge is -2.15. The average molecular weight is 264 g/mol. The highest BCUT2D eigenvalue weighted by Gasteiger charge is 2.12. The van der Waals surface area contributed by atoms with Crippen molar-refractivity contribution in [2.45, 2.75) is 40.3 Å². The summed E-state index contributed by atoms with van der Waals surface area (Å²) in [6, 6.07) is 3.21. The number of nitrogens with two attached hydrogens (primary N) is 1. The minimum Gasteiger partial charge on any atom is -0.461 e. The summed E-state index contributed by atoms with van der Waals surface area (Å²) in [6.07, 6.45) is 0. The molecule has 0 saturated carbocycles. The van der Waals surface area contributed by atoms with Crippen molar-refractivity contribution >= 4 is 17.6 Å². The molecule has 0 aliphatic heterocycles. The molecule has 1 amide bonds. The van der Waals surface area contributed by atoms with Crippen molar-refractivity contribution in [3.63, 3.8) is 0 Å². The molecule has 1 aromatic rings. The molecule has 3 N–H and O–H groups in total. The molecule has 0 radical (unpaired) electrons. The van der Waals surface area contributed by atoms with E-state index in [-0.39, 0.29) is 18.5 Å². The molecule has 5 heteroatoms. The second kappa shape index (κ2) is 6.33. The van der Waals surface area contributed by atoms with E-state index in [9.17, 15) is 9.59 Å². The van der Waals surface area contributed by atoms with E-state index in [0.29, 0.717) is 0 Å². The van der Waals surface area contributed by atoms with Crippen molar-refractivity contribution in [2.75, 3.05) is 5.32 Å². The van der Waals surface area contributed by atoms with E-state index in [0.717, 1.165) is 22.4 Å². The first-order chi connectivity index (χ1) is 8.81. The van der Waals surface area contributed by atoms with Crippen LogP contribution in [0, 0.1) is 13.8 Å². The summed E-state index contributed by atoms with van der Waals surface area (Å²) >= 11 is 0. The Morgan fingerprint density at radius 1 is 1.32 bits per heavy atom. The van der Waals surface area contributed by atoms with Gasteiger partial charge in [-0.1, -0.05) is 12.1 Å². The Balaban J connectivity index is 2.91. The zero-order valence-corrected chi connectivity index (χ0v) is 11.7. The van der Waals surface area contributed by atoms with Gasteiger partial charge in [-0.2, -0.15) is 0 Å². The molecule has 0 aliphatic carbocycles. The van der Waals surface area contributed by atoms with Crippen LogP contribution in [0.25, 0.3) is 0 Å². The van der Waals surface area contributed by atoms with Crippen LogP contribution in [0.1, 0.15) is 30.5 Å². The fourth-order valence-corrected chi connectivity index (χ4v) is 1.76. The number of anilines is 1. The van der Waals surface area contributed by atoms with Crippen molar-refractivity contribution in [2.24, 2.45) is 5.73 Å². The maximum Gasteiger partial charge on any atom is 0.302 e. The van der Waals surface area contributed by atoms with Gasteiger partial charge in [-0.05, 0) is 37.5 Å². The van der Waals surface area contributed by atoms with Crippen molar-refractivity contribution < 1.29 is 14.3 Å².